The first-order valence-corrected chi connectivity index (χ1v) is 6.33. The molecule has 0 aliphatic heterocycles. The molecule has 0 heterocycles. The number of unbranched alkanes of at least 4 members (excludes halogenated alkanes) is 3. The lowest BCUT2D eigenvalue weighted by Gasteiger charge is -2.15. The van der Waals surface area contributed by atoms with Crippen LogP contribution < -0.4 is 22.3 Å². The van der Waals surface area contributed by atoms with Gasteiger partial charge in [0.25, 0.3) is 0 Å². The van der Waals surface area contributed by atoms with E-state index in [1.165, 1.54) is 0 Å². The number of hydrogen-bond acceptors (Lipinski definition) is 5. The molecule has 0 rings (SSSR count). The van der Waals surface area contributed by atoms with Gasteiger partial charge in [-0.1, -0.05) is 6.42 Å². The van der Waals surface area contributed by atoms with E-state index < -0.39 is 12.0 Å². The van der Waals surface area contributed by atoms with Gasteiger partial charge in [-0.15, -0.1) is 0 Å². The first kappa shape index (κ1) is 16.3. The van der Waals surface area contributed by atoms with Crippen molar-refractivity contribution in [2.45, 2.75) is 44.6 Å². The zero-order valence-electron chi connectivity index (χ0n) is 10.5. The number of hydrazine groups is 1. The van der Waals surface area contributed by atoms with Gasteiger partial charge in [-0.25, -0.2) is 5.43 Å². The topological polar surface area (TPSA) is 113 Å². The molecule has 0 spiro atoms. The van der Waals surface area contributed by atoms with Crippen molar-refractivity contribution in [3.63, 3.8) is 0 Å². The van der Waals surface area contributed by atoms with Gasteiger partial charge in [0.15, 0.2) is 0 Å². The summed E-state index contributed by atoms with van der Waals surface area (Å²) in [6.07, 6.45) is 5.37. The number of hydrogen-bond donors (Lipinski definition) is 5. The van der Waals surface area contributed by atoms with Crippen LogP contribution in [0.1, 0.15) is 38.5 Å². The first-order chi connectivity index (χ1) is 8.22. The van der Waals surface area contributed by atoms with Crippen molar-refractivity contribution in [1.29, 1.82) is 0 Å². The molecule has 0 saturated heterocycles. The summed E-state index contributed by atoms with van der Waals surface area (Å²) in [6, 6.07) is -0.531. The van der Waals surface area contributed by atoms with E-state index in [2.05, 4.69) is 10.9 Å². The number of nitrogens with one attached hydrogen (secondary N) is 2. The summed E-state index contributed by atoms with van der Waals surface area (Å²) in [6.45, 7) is 2.09. The van der Waals surface area contributed by atoms with E-state index in [1.807, 2.05) is 0 Å². The molecule has 6 heteroatoms. The molecule has 0 fully saturated rings. The van der Waals surface area contributed by atoms with E-state index >= 15 is 0 Å². The fourth-order valence-corrected chi connectivity index (χ4v) is 1.48. The minimum atomic E-state index is -0.823. The van der Waals surface area contributed by atoms with E-state index in [4.69, 9.17) is 16.6 Å². The van der Waals surface area contributed by atoms with Gasteiger partial charge in [-0.05, 0) is 45.2 Å². The maximum absolute atomic E-state index is 10.9. The Kier molecular flexibility index (Phi) is 11.3. The van der Waals surface area contributed by atoms with Crippen LogP contribution in [0.2, 0.25) is 0 Å². The third kappa shape index (κ3) is 10.2. The highest BCUT2D eigenvalue weighted by atomic mass is 16.4. The van der Waals surface area contributed by atoms with Crippen LogP contribution in [0.3, 0.4) is 0 Å². The van der Waals surface area contributed by atoms with Crippen LogP contribution in [0.4, 0.5) is 0 Å². The molecular weight excluding hydrogens is 220 g/mol. The second kappa shape index (κ2) is 11.8. The highest BCUT2D eigenvalue weighted by molar-refractivity contribution is 5.73. The van der Waals surface area contributed by atoms with Crippen LogP contribution in [-0.4, -0.2) is 36.8 Å². The summed E-state index contributed by atoms with van der Waals surface area (Å²) in [7, 11) is 0. The maximum Gasteiger partial charge on any atom is 0.322 e. The fraction of sp³-hybridized carbons (Fsp3) is 0.909. The number of carbonyl (C=O) groups is 1. The number of nitrogens with two attached hydrogens (primary N) is 2. The molecule has 0 aromatic heterocycles. The standard InChI is InChI=1S/C11H26N4O2/c12-7-3-1-5-9-14-15-10(11(16)17)6-2-4-8-13/h10,14-15H,1-9,12-13H2,(H,16,17)/t10-/m0/s1. The summed E-state index contributed by atoms with van der Waals surface area (Å²) in [5.41, 5.74) is 16.5. The zero-order valence-corrected chi connectivity index (χ0v) is 10.5. The van der Waals surface area contributed by atoms with E-state index in [-0.39, 0.29) is 0 Å². The Hall–Kier alpha value is -0.690. The van der Waals surface area contributed by atoms with Gasteiger partial charge in [-0.2, -0.15) is 0 Å². The Morgan fingerprint density at radius 1 is 1.06 bits per heavy atom. The van der Waals surface area contributed by atoms with Gasteiger partial charge in [-0.3, -0.25) is 10.2 Å². The molecule has 7 N–H and O–H groups in total. The monoisotopic (exact) mass is 246 g/mol. The van der Waals surface area contributed by atoms with Crippen molar-refractivity contribution in [2.24, 2.45) is 11.5 Å². The predicted octanol–water partition coefficient (Wildman–Crippen LogP) is -0.208. The molecule has 0 bridgehead atoms. The molecule has 0 radical (unpaired) electrons. The van der Waals surface area contributed by atoms with Crippen LogP contribution in [0.5, 0.6) is 0 Å². The average Bonchev–Trinajstić information content (AvgIpc) is 2.31. The molecule has 102 valence electrons. The number of rotatable bonds is 12. The van der Waals surface area contributed by atoms with Crippen molar-refractivity contribution in [3.05, 3.63) is 0 Å². The summed E-state index contributed by atoms with van der Waals surface area (Å²) >= 11 is 0. The molecule has 0 amide bonds. The van der Waals surface area contributed by atoms with Crippen molar-refractivity contribution in [2.75, 3.05) is 19.6 Å². The molecule has 0 aromatic carbocycles. The minimum absolute atomic E-state index is 0.531. The molecule has 0 aromatic rings. The van der Waals surface area contributed by atoms with Gasteiger partial charge in [0.1, 0.15) is 6.04 Å². The largest absolute Gasteiger partial charge is 0.480 e. The lowest BCUT2D eigenvalue weighted by molar-refractivity contribution is -0.140. The molecular formula is C11H26N4O2. The minimum Gasteiger partial charge on any atom is -0.480 e. The molecule has 1 atom stereocenters. The molecule has 0 unspecified atom stereocenters. The lowest BCUT2D eigenvalue weighted by atomic mass is 10.1. The third-order valence-corrected chi connectivity index (χ3v) is 2.53. The van der Waals surface area contributed by atoms with Gasteiger partial charge in [0.2, 0.25) is 0 Å². The number of carboxylic acid groups (broad SMARTS) is 1. The Morgan fingerprint density at radius 3 is 2.29 bits per heavy atom. The Labute approximate surface area is 103 Å². The van der Waals surface area contributed by atoms with E-state index in [0.29, 0.717) is 19.5 Å². The summed E-state index contributed by atoms with van der Waals surface area (Å²) in [4.78, 5) is 10.9. The van der Waals surface area contributed by atoms with Gasteiger partial charge in [0, 0.05) is 6.54 Å². The Morgan fingerprint density at radius 2 is 1.71 bits per heavy atom. The van der Waals surface area contributed by atoms with Crippen LogP contribution >= 0.6 is 0 Å². The van der Waals surface area contributed by atoms with Gasteiger partial charge < -0.3 is 16.6 Å². The van der Waals surface area contributed by atoms with Crippen molar-refractivity contribution < 1.29 is 9.90 Å². The highest BCUT2D eigenvalue weighted by Gasteiger charge is 2.15. The van der Waals surface area contributed by atoms with Crippen LogP contribution in [-0.2, 0) is 4.79 Å². The van der Waals surface area contributed by atoms with E-state index in [9.17, 15) is 4.79 Å². The van der Waals surface area contributed by atoms with Crippen LogP contribution in [0, 0.1) is 0 Å². The van der Waals surface area contributed by atoms with Crippen LogP contribution in [0.25, 0.3) is 0 Å². The van der Waals surface area contributed by atoms with Crippen LogP contribution in [0.15, 0.2) is 0 Å². The normalized spacial score (nSPS) is 12.6. The molecule has 0 saturated carbocycles. The lowest BCUT2D eigenvalue weighted by Crippen LogP contribution is -2.45. The first-order valence-electron chi connectivity index (χ1n) is 6.33. The second-order valence-electron chi connectivity index (χ2n) is 4.10. The number of aliphatic carboxylic acids is 1. The average molecular weight is 246 g/mol. The van der Waals surface area contributed by atoms with Gasteiger partial charge >= 0.3 is 5.97 Å². The van der Waals surface area contributed by atoms with Gasteiger partial charge in [0.05, 0.1) is 0 Å². The summed E-state index contributed by atoms with van der Waals surface area (Å²) in [5.74, 6) is -0.823. The summed E-state index contributed by atoms with van der Waals surface area (Å²) < 4.78 is 0. The Bertz CT molecular complexity index is 190. The zero-order chi connectivity index (χ0) is 12.9. The second-order valence-corrected chi connectivity index (χ2v) is 4.10. The molecule has 0 aliphatic carbocycles. The predicted molar refractivity (Wildman–Crippen MR) is 68.4 cm³/mol. The quantitative estimate of drug-likeness (QED) is 0.240. The van der Waals surface area contributed by atoms with Crippen molar-refractivity contribution >= 4 is 5.97 Å². The molecule has 0 aliphatic rings. The summed E-state index contributed by atoms with van der Waals surface area (Å²) in [5, 5.41) is 8.96. The fourth-order valence-electron chi connectivity index (χ4n) is 1.48. The molecule has 6 nitrogen and oxygen atoms in total. The van der Waals surface area contributed by atoms with E-state index in [1.54, 1.807) is 0 Å². The number of carboxylic acids is 1. The third-order valence-electron chi connectivity index (χ3n) is 2.53. The van der Waals surface area contributed by atoms with Crippen molar-refractivity contribution in [1.82, 2.24) is 10.9 Å². The Balaban J connectivity index is 3.52. The smallest absolute Gasteiger partial charge is 0.322 e. The SMILES string of the molecule is NCCCCCNN[C@@H](CCCCN)C(=O)O. The maximum atomic E-state index is 10.9. The highest BCUT2D eigenvalue weighted by Crippen LogP contribution is 1.99. The van der Waals surface area contributed by atoms with E-state index in [0.717, 1.165) is 38.6 Å². The van der Waals surface area contributed by atoms with Crippen molar-refractivity contribution in [3.8, 4) is 0 Å². The molecule has 17 heavy (non-hydrogen) atoms.